The highest BCUT2D eigenvalue weighted by atomic mass is 16.5. The number of aromatic amines is 1. The van der Waals surface area contributed by atoms with Crippen LogP contribution in [0.15, 0.2) is 41.2 Å². The maximum atomic E-state index is 12.3. The topological polar surface area (TPSA) is 87.0 Å². The van der Waals surface area contributed by atoms with Crippen molar-refractivity contribution >= 4 is 22.6 Å². The number of aryl methyl sites for hydroxylation is 1. The van der Waals surface area contributed by atoms with E-state index in [1.807, 2.05) is 25.3 Å². The zero-order valence-electron chi connectivity index (χ0n) is 14.0. The van der Waals surface area contributed by atoms with Gasteiger partial charge in [-0.25, -0.2) is 9.78 Å². The minimum Gasteiger partial charge on any atom is -0.361 e. The van der Waals surface area contributed by atoms with E-state index in [4.69, 9.17) is 4.52 Å². The highest BCUT2D eigenvalue weighted by Crippen LogP contribution is 2.28. The summed E-state index contributed by atoms with van der Waals surface area (Å²) in [5.74, 6) is 0.739. The molecule has 2 N–H and O–H groups in total. The molecule has 3 aromatic heterocycles. The number of aromatic nitrogens is 3. The number of amides is 2. The fourth-order valence-electron chi connectivity index (χ4n) is 3.10. The van der Waals surface area contributed by atoms with Crippen molar-refractivity contribution in [2.45, 2.75) is 19.9 Å². The van der Waals surface area contributed by atoms with Gasteiger partial charge in [-0.3, -0.25) is 0 Å². The van der Waals surface area contributed by atoms with Crippen LogP contribution in [0.1, 0.15) is 23.4 Å². The number of rotatable bonds is 3. The van der Waals surface area contributed by atoms with Crippen molar-refractivity contribution in [3.05, 3.63) is 53.7 Å². The van der Waals surface area contributed by atoms with Crippen molar-refractivity contribution < 1.29 is 9.32 Å². The second-order valence-corrected chi connectivity index (χ2v) is 6.11. The average molecular weight is 337 g/mol. The van der Waals surface area contributed by atoms with Crippen molar-refractivity contribution in [3.63, 3.8) is 0 Å². The van der Waals surface area contributed by atoms with E-state index in [9.17, 15) is 4.79 Å². The van der Waals surface area contributed by atoms with Crippen LogP contribution in [0.5, 0.6) is 0 Å². The average Bonchev–Trinajstić information content (AvgIpc) is 3.26. The fraction of sp³-hybridized carbons (Fsp3) is 0.278. The van der Waals surface area contributed by atoms with Crippen molar-refractivity contribution in [1.82, 2.24) is 25.3 Å². The summed E-state index contributed by atoms with van der Waals surface area (Å²) in [7, 11) is 0. The molecular weight excluding hydrogens is 318 g/mol. The molecule has 0 spiro atoms. The molecule has 0 unspecified atom stereocenters. The Hall–Kier alpha value is -3.09. The van der Waals surface area contributed by atoms with Crippen molar-refractivity contribution in [3.8, 4) is 0 Å². The zero-order valence-corrected chi connectivity index (χ0v) is 14.0. The summed E-state index contributed by atoms with van der Waals surface area (Å²) in [5.41, 5.74) is 4.03. The minimum atomic E-state index is -0.0865. The number of hydrogen-bond donors (Lipinski definition) is 2. The van der Waals surface area contributed by atoms with Gasteiger partial charge in [0.05, 0.1) is 6.54 Å². The van der Waals surface area contributed by atoms with Crippen molar-refractivity contribution in [1.29, 1.82) is 0 Å². The van der Waals surface area contributed by atoms with E-state index >= 15 is 0 Å². The maximum absolute atomic E-state index is 12.3. The van der Waals surface area contributed by atoms with Crippen LogP contribution in [-0.4, -0.2) is 39.1 Å². The maximum Gasteiger partial charge on any atom is 0.318 e. The van der Waals surface area contributed by atoms with E-state index in [2.05, 4.69) is 32.6 Å². The lowest BCUT2D eigenvalue weighted by Gasteiger charge is -2.26. The van der Waals surface area contributed by atoms with E-state index < -0.39 is 0 Å². The number of fused-ring (bicyclic) bond motifs is 1. The SMILES string of the molecule is Cc1cc(CNC(=O)N2CC=C(c3c[nH]c4ncccc34)CC2)no1. The monoisotopic (exact) mass is 337 g/mol. The Morgan fingerprint density at radius 1 is 1.48 bits per heavy atom. The molecule has 0 radical (unpaired) electrons. The molecule has 128 valence electrons. The number of carbonyl (C=O) groups excluding carboxylic acids is 1. The molecule has 25 heavy (non-hydrogen) atoms. The summed E-state index contributed by atoms with van der Waals surface area (Å²) < 4.78 is 5.00. The summed E-state index contributed by atoms with van der Waals surface area (Å²) >= 11 is 0. The molecule has 4 rings (SSSR count). The van der Waals surface area contributed by atoms with Gasteiger partial charge in [0.15, 0.2) is 0 Å². The Bertz CT molecular complexity index is 940. The zero-order chi connectivity index (χ0) is 17.2. The minimum absolute atomic E-state index is 0.0865. The third-order valence-corrected chi connectivity index (χ3v) is 4.39. The number of urea groups is 1. The first-order valence-electron chi connectivity index (χ1n) is 8.27. The van der Waals surface area contributed by atoms with E-state index in [0.717, 1.165) is 28.9 Å². The molecule has 0 aliphatic carbocycles. The standard InChI is InChI=1S/C18H19N5O2/c1-12-9-14(22-25-12)10-21-18(24)23-7-4-13(5-8-23)16-11-20-17-15(16)3-2-6-19-17/h2-4,6,9,11H,5,7-8,10H2,1H3,(H,19,20)(H,21,24). The lowest BCUT2D eigenvalue weighted by molar-refractivity contribution is 0.202. The lowest BCUT2D eigenvalue weighted by Crippen LogP contribution is -2.41. The van der Waals surface area contributed by atoms with Gasteiger partial charge < -0.3 is 19.7 Å². The van der Waals surface area contributed by atoms with Gasteiger partial charge in [0.25, 0.3) is 0 Å². The van der Waals surface area contributed by atoms with Gasteiger partial charge in [0.1, 0.15) is 17.1 Å². The summed E-state index contributed by atoms with van der Waals surface area (Å²) in [6, 6.07) is 5.73. The van der Waals surface area contributed by atoms with Crippen LogP contribution in [0.3, 0.4) is 0 Å². The van der Waals surface area contributed by atoms with Gasteiger partial charge >= 0.3 is 6.03 Å². The quantitative estimate of drug-likeness (QED) is 0.769. The fourth-order valence-corrected chi connectivity index (χ4v) is 3.10. The number of H-pyrrole nitrogens is 1. The second kappa shape index (κ2) is 6.43. The molecule has 0 saturated heterocycles. The Kier molecular flexibility index (Phi) is 3.97. The molecule has 7 heteroatoms. The van der Waals surface area contributed by atoms with Gasteiger partial charge in [0.2, 0.25) is 0 Å². The number of pyridine rings is 1. The molecule has 0 atom stereocenters. The molecule has 0 fully saturated rings. The molecule has 0 saturated carbocycles. The highest BCUT2D eigenvalue weighted by molar-refractivity contribution is 5.91. The van der Waals surface area contributed by atoms with E-state index in [-0.39, 0.29) is 6.03 Å². The lowest BCUT2D eigenvalue weighted by atomic mass is 10.00. The number of nitrogens with one attached hydrogen (secondary N) is 2. The highest BCUT2D eigenvalue weighted by Gasteiger charge is 2.19. The normalized spacial score (nSPS) is 14.6. The molecule has 1 aliphatic rings. The molecule has 1 aliphatic heterocycles. The first kappa shape index (κ1) is 15.4. The molecule has 7 nitrogen and oxygen atoms in total. The molecular formula is C18H19N5O2. The summed E-state index contributed by atoms with van der Waals surface area (Å²) in [4.78, 5) is 21.6. The number of carbonyl (C=O) groups is 1. The van der Waals surface area contributed by atoms with E-state index in [1.165, 1.54) is 11.1 Å². The van der Waals surface area contributed by atoms with Crippen LogP contribution < -0.4 is 5.32 Å². The van der Waals surface area contributed by atoms with Crippen LogP contribution >= 0.6 is 0 Å². The third kappa shape index (κ3) is 3.13. The molecule has 4 heterocycles. The van der Waals surface area contributed by atoms with Gasteiger partial charge in [-0.05, 0) is 31.1 Å². The first-order valence-corrected chi connectivity index (χ1v) is 8.27. The largest absolute Gasteiger partial charge is 0.361 e. The summed E-state index contributed by atoms with van der Waals surface area (Å²) in [6.07, 6.45) is 6.70. The van der Waals surface area contributed by atoms with E-state index in [0.29, 0.717) is 19.6 Å². The number of nitrogens with zero attached hydrogens (tertiary/aromatic N) is 3. The van der Waals surface area contributed by atoms with Crippen LogP contribution in [0, 0.1) is 6.92 Å². The molecule has 3 aromatic rings. The Morgan fingerprint density at radius 2 is 2.40 bits per heavy atom. The third-order valence-electron chi connectivity index (χ3n) is 4.39. The predicted molar refractivity (Wildman–Crippen MR) is 93.7 cm³/mol. The van der Waals surface area contributed by atoms with Gasteiger partial charge in [-0.1, -0.05) is 11.2 Å². The molecule has 0 aromatic carbocycles. The van der Waals surface area contributed by atoms with Crippen LogP contribution in [0.25, 0.3) is 16.6 Å². The molecule has 0 bridgehead atoms. The first-order chi connectivity index (χ1) is 12.2. The van der Waals surface area contributed by atoms with Crippen molar-refractivity contribution in [2.24, 2.45) is 0 Å². The van der Waals surface area contributed by atoms with Crippen molar-refractivity contribution in [2.75, 3.05) is 13.1 Å². The van der Waals surface area contributed by atoms with Crippen LogP contribution in [0.2, 0.25) is 0 Å². The Morgan fingerprint density at radius 3 is 3.16 bits per heavy atom. The van der Waals surface area contributed by atoms with Crippen LogP contribution in [-0.2, 0) is 6.54 Å². The summed E-state index contributed by atoms with van der Waals surface area (Å²) in [5, 5.41) is 7.88. The Balaban J connectivity index is 1.40. The van der Waals surface area contributed by atoms with Gasteiger partial charge in [0, 0.05) is 42.5 Å². The predicted octanol–water partition coefficient (Wildman–Crippen LogP) is 2.86. The summed E-state index contributed by atoms with van der Waals surface area (Å²) in [6.45, 7) is 3.47. The Labute approximate surface area is 144 Å². The second-order valence-electron chi connectivity index (χ2n) is 6.11. The smallest absolute Gasteiger partial charge is 0.318 e. The van der Waals surface area contributed by atoms with E-state index in [1.54, 1.807) is 11.1 Å². The number of hydrogen-bond acceptors (Lipinski definition) is 4. The van der Waals surface area contributed by atoms with Gasteiger partial charge in [-0.2, -0.15) is 0 Å². The van der Waals surface area contributed by atoms with Gasteiger partial charge in [-0.15, -0.1) is 0 Å². The molecule has 2 amide bonds. The van der Waals surface area contributed by atoms with Crippen LogP contribution in [0.4, 0.5) is 4.79 Å².